The second-order valence-corrected chi connectivity index (χ2v) is 5.10. The highest BCUT2D eigenvalue weighted by Gasteiger charge is 2.35. The van der Waals surface area contributed by atoms with Crippen LogP contribution in [0.15, 0.2) is 12.3 Å². The summed E-state index contributed by atoms with van der Waals surface area (Å²) >= 11 is 0. The number of hydrogen-bond donors (Lipinski definition) is 1. The predicted octanol–water partition coefficient (Wildman–Crippen LogP) is -0.443. The summed E-state index contributed by atoms with van der Waals surface area (Å²) in [4.78, 5) is 16.2. The Morgan fingerprint density at radius 3 is 2.89 bits per heavy atom. The summed E-state index contributed by atoms with van der Waals surface area (Å²) in [5, 5.41) is 13.8. The molecule has 0 aliphatic carbocycles. The van der Waals surface area contributed by atoms with Gasteiger partial charge in [0.25, 0.3) is 5.91 Å². The third kappa shape index (κ3) is 2.54. The van der Waals surface area contributed by atoms with E-state index in [1.807, 2.05) is 19.0 Å². The molecule has 1 saturated heterocycles. The van der Waals surface area contributed by atoms with E-state index in [0.29, 0.717) is 18.7 Å². The predicted molar refractivity (Wildman–Crippen MR) is 67.2 cm³/mol. The molecule has 100 valence electrons. The van der Waals surface area contributed by atoms with Gasteiger partial charge in [-0.15, -0.1) is 0 Å². The topological polar surface area (TPSA) is 61.6 Å². The zero-order valence-corrected chi connectivity index (χ0v) is 11.1. The molecule has 18 heavy (non-hydrogen) atoms. The van der Waals surface area contributed by atoms with Crippen LogP contribution in [0.1, 0.15) is 16.9 Å². The standard InChI is InChI=1S/C12H20N4O2/c1-14(2)7-9-6-10(17)8-16(9)12(18)11-4-5-13-15(11)3/h4-5,9-10,17H,6-8H2,1-3H3. The van der Waals surface area contributed by atoms with Crippen molar-refractivity contribution in [2.24, 2.45) is 7.05 Å². The van der Waals surface area contributed by atoms with Crippen molar-refractivity contribution in [3.8, 4) is 0 Å². The SMILES string of the molecule is CN(C)CC1CC(O)CN1C(=O)c1ccnn1C. The van der Waals surface area contributed by atoms with Gasteiger partial charge >= 0.3 is 0 Å². The second kappa shape index (κ2) is 5.07. The number of aromatic nitrogens is 2. The first-order chi connectivity index (χ1) is 8.49. The number of aliphatic hydroxyl groups excluding tert-OH is 1. The Labute approximate surface area is 107 Å². The van der Waals surface area contributed by atoms with E-state index >= 15 is 0 Å². The molecule has 1 N–H and O–H groups in total. The molecule has 1 aliphatic heterocycles. The minimum atomic E-state index is -0.424. The van der Waals surface area contributed by atoms with Gasteiger partial charge in [-0.05, 0) is 26.6 Å². The average molecular weight is 252 g/mol. The van der Waals surface area contributed by atoms with Crippen molar-refractivity contribution in [2.45, 2.75) is 18.6 Å². The van der Waals surface area contributed by atoms with E-state index < -0.39 is 6.10 Å². The molecule has 1 aromatic rings. The molecule has 2 rings (SSSR count). The minimum Gasteiger partial charge on any atom is -0.391 e. The maximum absolute atomic E-state index is 12.4. The third-order valence-corrected chi connectivity index (χ3v) is 3.27. The van der Waals surface area contributed by atoms with Crippen LogP contribution in [0.25, 0.3) is 0 Å². The van der Waals surface area contributed by atoms with Crippen LogP contribution < -0.4 is 0 Å². The number of aryl methyl sites for hydroxylation is 1. The average Bonchev–Trinajstić information content (AvgIpc) is 2.83. The summed E-state index contributed by atoms with van der Waals surface area (Å²) in [5.74, 6) is -0.0570. The lowest BCUT2D eigenvalue weighted by Crippen LogP contribution is -2.42. The zero-order chi connectivity index (χ0) is 13.3. The highest BCUT2D eigenvalue weighted by atomic mass is 16.3. The molecule has 0 spiro atoms. The van der Waals surface area contributed by atoms with Crippen molar-refractivity contribution in [1.29, 1.82) is 0 Å². The number of β-amino-alcohol motifs (C(OH)–C–C–N with tert-alkyl or cyclic N) is 1. The van der Waals surface area contributed by atoms with Crippen LogP contribution >= 0.6 is 0 Å². The first-order valence-electron chi connectivity index (χ1n) is 6.11. The summed E-state index contributed by atoms with van der Waals surface area (Å²) < 4.78 is 1.57. The van der Waals surface area contributed by atoms with Crippen LogP contribution in [0, 0.1) is 0 Å². The molecule has 1 aliphatic rings. The Kier molecular flexibility index (Phi) is 3.68. The van der Waals surface area contributed by atoms with Crippen molar-refractivity contribution < 1.29 is 9.90 Å². The Morgan fingerprint density at radius 1 is 1.61 bits per heavy atom. The third-order valence-electron chi connectivity index (χ3n) is 3.27. The molecule has 0 bridgehead atoms. The summed E-state index contributed by atoms with van der Waals surface area (Å²) in [6.45, 7) is 1.17. The van der Waals surface area contributed by atoms with Crippen LogP contribution in [-0.4, -0.2) is 69.9 Å². The molecule has 0 radical (unpaired) electrons. The smallest absolute Gasteiger partial charge is 0.272 e. The molecule has 2 heterocycles. The molecule has 1 fully saturated rings. The Hall–Kier alpha value is -1.40. The number of amides is 1. The number of rotatable bonds is 3. The van der Waals surface area contributed by atoms with E-state index in [1.165, 1.54) is 0 Å². The van der Waals surface area contributed by atoms with Crippen LogP contribution in [0.4, 0.5) is 0 Å². The molecule has 2 unspecified atom stereocenters. The van der Waals surface area contributed by atoms with Crippen molar-refractivity contribution >= 4 is 5.91 Å². The van der Waals surface area contributed by atoms with Gasteiger partial charge in [0.1, 0.15) is 5.69 Å². The monoisotopic (exact) mass is 252 g/mol. The van der Waals surface area contributed by atoms with Gasteiger partial charge in [-0.2, -0.15) is 5.10 Å². The minimum absolute atomic E-state index is 0.0570. The molecular formula is C12H20N4O2. The Bertz CT molecular complexity index is 429. The van der Waals surface area contributed by atoms with Crippen LogP contribution in [0.5, 0.6) is 0 Å². The zero-order valence-electron chi connectivity index (χ0n) is 11.1. The summed E-state index contributed by atoms with van der Waals surface area (Å²) in [6, 6.07) is 1.78. The number of likely N-dealkylation sites (N-methyl/N-ethyl adjacent to an activating group) is 1. The van der Waals surface area contributed by atoms with Crippen molar-refractivity contribution in [1.82, 2.24) is 19.6 Å². The van der Waals surface area contributed by atoms with Crippen LogP contribution in [-0.2, 0) is 7.05 Å². The first-order valence-corrected chi connectivity index (χ1v) is 6.11. The quantitative estimate of drug-likeness (QED) is 0.792. The maximum Gasteiger partial charge on any atom is 0.272 e. The van der Waals surface area contributed by atoms with Gasteiger partial charge in [0.15, 0.2) is 0 Å². The number of carbonyl (C=O) groups is 1. The highest BCUT2D eigenvalue weighted by Crippen LogP contribution is 2.20. The van der Waals surface area contributed by atoms with E-state index in [1.54, 1.807) is 28.9 Å². The molecule has 2 atom stereocenters. The molecule has 1 aromatic heterocycles. The van der Waals surface area contributed by atoms with Crippen molar-refractivity contribution in [2.75, 3.05) is 27.2 Å². The van der Waals surface area contributed by atoms with Crippen molar-refractivity contribution in [3.05, 3.63) is 18.0 Å². The molecule has 6 heteroatoms. The lowest BCUT2D eigenvalue weighted by molar-refractivity contribution is 0.0688. The molecule has 0 saturated carbocycles. The fourth-order valence-corrected chi connectivity index (χ4v) is 2.47. The number of hydrogen-bond acceptors (Lipinski definition) is 4. The van der Waals surface area contributed by atoms with Gasteiger partial charge in [0.05, 0.1) is 6.10 Å². The maximum atomic E-state index is 12.4. The van der Waals surface area contributed by atoms with E-state index in [4.69, 9.17) is 0 Å². The van der Waals surface area contributed by atoms with E-state index in [2.05, 4.69) is 5.10 Å². The Balaban J connectivity index is 2.15. The lowest BCUT2D eigenvalue weighted by Gasteiger charge is -2.26. The van der Waals surface area contributed by atoms with Gasteiger partial charge in [0, 0.05) is 32.4 Å². The van der Waals surface area contributed by atoms with Gasteiger partial charge in [-0.3, -0.25) is 9.48 Å². The summed E-state index contributed by atoms with van der Waals surface area (Å²) in [7, 11) is 5.69. The normalized spacial score (nSPS) is 23.9. The second-order valence-electron chi connectivity index (χ2n) is 5.10. The van der Waals surface area contributed by atoms with E-state index in [-0.39, 0.29) is 11.9 Å². The number of nitrogens with zero attached hydrogens (tertiary/aromatic N) is 4. The summed E-state index contributed by atoms with van der Waals surface area (Å²) in [6.07, 6.45) is 1.83. The van der Waals surface area contributed by atoms with Gasteiger partial charge in [0.2, 0.25) is 0 Å². The largest absolute Gasteiger partial charge is 0.391 e. The van der Waals surface area contributed by atoms with Gasteiger partial charge in [-0.1, -0.05) is 0 Å². The van der Waals surface area contributed by atoms with Crippen molar-refractivity contribution in [3.63, 3.8) is 0 Å². The molecule has 6 nitrogen and oxygen atoms in total. The number of carbonyl (C=O) groups excluding carboxylic acids is 1. The van der Waals surface area contributed by atoms with E-state index in [9.17, 15) is 9.90 Å². The number of likely N-dealkylation sites (tertiary alicyclic amines) is 1. The summed E-state index contributed by atoms with van der Waals surface area (Å²) in [5.41, 5.74) is 0.563. The fraction of sp³-hybridized carbons (Fsp3) is 0.667. The van der Waals surface area contributed by atoms with Gasteiger partial charge in [-0.25, -0.2) is 0 Å². The Morgan fingerprint density at radius 2 is 2.33 bits per heavy atom. The van der Waals surface area contributed by atoms with Crippen LogP contribution in [0.2, 0.25) is 0 Å². The molecule has 1 amide bonds. The van der Waals surface area contributed by atoms with E-state index in [0.717, 1.165) is 6.54 Å². The highest BCUT2D eigenvalue weighted by molar-refractivity contribution is 5.93. The first kappa shape index (κ1) is 13.0. The lowest BCUT2D eigenvalue weighted by atomic mass is 10.2. The van der Waals surface area contributed by atoms with Crippen LogP contribution in [0.3, 0.4) is 0 Å². The van der Waals surface area contributed by atoms with Gasteiger partial charge < -0.3 is 14.9 Å². The molecular weight excluding hydrogens is 232 g/mol. The number of aliphatic hydroxyl groups is 1. The molecule has 0 aromatic carbocycles. The fourth-order valence-electron chi connectivity index (χ4n) is 2.47.